The molecule has 0 unspecified atom stereocenters. The predicted octanol–water partition coefficient (Wildman–Crippen LogP) is 3.39. The van der Waals surface area contributed by atoms with Crippen molar-refractivity contribution >= 4 is 35.3 Å². The minimum Gasteiger partial charge on any atom is -0.508 e. The number of phenolic OH excluding ortho intramolecular Hbond substituents is 1. The first-order chi connectivity index (χ1) is 10.1. The molecule has 0 aliphatic heterocycles. The second-order valence-electron chi connectivity index (χ2n) is 4.28. The molecule has 2 N–H and O–H groups in total. The van der Waals surface area contributed by atoms with E-state index in [1.165, 1.54) is 12.3 Å². The second kappa shape index (κ2) is 7.11. The molecule has 0 saturated carbocycles. The number of amides is 1. The van der Waals surface area contributed by atoms with E-state index in [0.717, 1.165) is 0 Å². The topological polar surface area (TPSA) is 61.7 Å². The monoisotopic (exact) mass is 322 g/mol. The van der Waals surface area contributed by atoms with Gasteiger partial charge in [-0.25, -0.2) is 5.43 Å². The number of carbonyl (C=O) groups excluding carboxylic acids is 1. The highest BCUT2D eigenvalue weighted by Gasteiger charge is 2.04. The molecule has 2 aromatic rings. The molecule has 0 bridgehead atoms. The molecule has 0 aliphatic carbocycles. The van der Waals surface area contributed by atoms with E-state index in [2.05, 4.69) is 10.5 Å². The fourth-order valence-electron chi connectivity index (χ4n) is 1.69. The average molecular weight is 323 g/mol. The summed E-state index contributed by atoms with van der Waals surface area (Å²) in [4.78, 5) is 11.7. The first kappa shape index (κ1) is 15.4. The van der Waals surface area contributed by atoms with Crippen molar-refractivity contribution in [2.45, 2.75) is 6.42 Å². The highest BCUT2D eigenvalue weighted by atomic mass is 35.5. The van der Waals surface area contributed by atoms with E-state index in [1.807, 2.05) is 0 Å². The van der Waals surface area contributed by atoms with Crippen LogP contribution in [0.25, 0.3) is 0 Å². The van der Waals surface area contributed by atoms with Gasteiger partial charge in [-0.2, -0.15) is 5.10 Å². The summed E-state index contributed by atoms with van der Waals surface area (Å²) in [6.45, 7) is 0. The summed E-state index contributed by atoms with van der Waals surface area (Å²) >= 11 is 11.9. The number of benzene rings is 2. The molecule has 2 aromatic carbocycles. The zero-order valence-electron chi connectivity index (χ0n) is 10.9. The van der Waals surface area contributed by atoms with Crippen molar-refractivity contribution in [1.29, 1.82) is 0 Å². The maximum absolute atomic E-state index is 11.7. The van der Waals surface area contributed by atoms with Crippen molar-refractivity contribution < 1.29 is 9.90 Å². The smallest absolute Gasteiger partial charge is 0.244 e. The highest BCUT2D eigenvalue weighted by Crippen LogP contribution is 2.24. The molecule has 108 valence electrons. The van der Waals surface area contributed by atoms with Crippen molar-refractivity contribution in [1.82, 2.24) is 5.43 Å². The summed E-state index contributed by atoms with van der Waals surface area (Å²) in [6, 6.07) is 11.6. The SMILES string of the molecule is O=C(Cc1cccc(O)c1)NN=Cc1cccc(Cl)c1Cl. The Bertz CT molecular complexity index is 687. The Morgan fingerprint density at radius 2 is 2.00 bits per heavy atom. The van der Waals surface area contributed by atoms with Crippen LogP contribution in [-0.4, -0.2) is 17.2 Å². The van der Waals surface area contributed by atoms with E-state index in [9.17, 15) is 9.90 Å². The Kier molecular flexibility index (Phi) is 5.20. The van der Waals surface area contributed by atoms with Gasteiger partial charge in [0.05, 0.1) is 22.7 Å². The third kappa shape index (κ3) is 4.48. The van der Waals surface area contributed by atoms with Crippen LogP contribution in [0.15, 0.2) is 47.6 Å². The van der Waals surface area contributed by atoms with E-state index in [4.69, 9.17) is 23.2 Å². The van der Waals surface area contributed by atoms with Crippen LogP contribution in [0, 0.1) is 0 Å². The molecule has 2 rings (SSSR count). The zero-order valence-corrected chi connectivity index (χ0v) is 12.4. The predicted molar refractivity (Wildman–Crippen MR) is 84.0 cm³/mol. The minimum atomic E-state index is -0.296. The van der Waals surface area contributed by atoms with Gasteiger partial charge in [-0.15, -0.1) is 0 Å². The van der Waals surface area contributed by atoms with E-state index in [-0.39, 0.29) is 18.1 Å². The third-order valence-corrected chi connectivity index (χ3v) is 3.48. The van der Waals surface area contributed by atoms with Crippen LogP contribution < -0.4 is 5.43 Å². The first-order valence-corrected chi connectivity index (χ1v) is 6.85. The quantitative estimate of drug-likeness (QED) is 0.669. The van der Waals surface area contributed by atoms with Gasteiger partial charge in [0.2, 0.25) is 5.91 Å². The molecule has 0 fully saturated rings. The molecule has 0 saturated heterocycles. The van der Waals surface area contributed by atoms with Gasteiger partial charge in [0.25, 0.3) is 0 Å². The van der Waals surface area contributed by atoms with Crippen molar-refractivity contribution in [3.8, 4) is 5.75 Å². The fraction of sp³-hybridized carbons (Fsp3) is 0.0667. The number of hydrogen-bond donors (Lipinski definition) is 2. The number of carbonyl (C=O) groups is 1. The van der Waals surface area contributed by atoms with Crippen LogP contribution in [0.1, 0.15) is 11.1 Å². The number of rotatable bonds is 4. The summed E-state index contributed by atoms with van der Waals surface area (Å²) in [5, 5.41) is 14.0. The summed E-state index contributed by atoms with van der Waals surface area (Å²) in [6.07, 6.45) is 1.55. The second-order valence-corrected chi connectivity index (χ2v) is 5.07. The lowest BCUT2D eigenvalue weighted by molar-refractivity contribution is -0.120. The normalized spacial score (nSPS) is 10.8. The molecule has 0 radical (unpaired) electrons. The largest absolute Gasteiger partial charge is 0.508 e. The number of nitrogens with zero attached hydrogens (tertiary/aromatic N) is 1. The Hall–Kier alpha value is -2.04. The lowest BCUT2D eigenvalue weighted by Crippen LogP contribution is -2.19. The Labute approximate surface area is 132 Å². The summed E-state index contributed by atoms with van der Waals surface area (Å²) in [5.74, 6) is -0.176. The van der Waals surface area contributed by atoms with Gasteiger partial charge in [0.1, 0.15) is 5.75 Å². The number of halogens is 2. The van der Waals surface area contributed by atoms with Crippen LogP contribution in [0.5, 0.6) is 5.75 Å². The molecule has 0 heterocycles. The number of aromatic hydroxyl groups is 1. The summed E-state index contributed by atoms with van der Waals surface area (Å²) in [7, 11) is 0. The van der Waals surface area contributed by atoms with Crippen LogP contribution in [0.2, 0.25) is 10.0 Å². The van der Waals surface area contributed by atoms with E-state index in [0.29, 0.717) is 21.2 Å². The number of nitrogens with one attached hydrogen (secondary N) is 1. The van der Waals surface area contributed by atoms with Crippen molar-refractivity contribution in [3.63, 3.8) is 0 Å². The first-order valence-electron chi connectivity index (χ1n) is 6.10. The lowest BCUT2D eigenvalue weighted by Gasteiger charge is -2.02. The molecule has 21 heavy (non-hydrogen) atoms. The standard InChI is InChI=1S/C15H12Cl2N2O2/c16-13-6-2-4-11(15(13)17)9-18-19-14(21)8-10-3-1-5-12(20)7-10/h1-7,9,20H,8H2,(H,19,21). The van der Waals surface area contributed by atoms with E-state index in [1.54, 1.807) is 36.4 Å². The van der Waals surface area contributed by atoms with Crippen molar-refractivity contribution in [3.05, 3.63) is 63.6 Å². The molecule has 1 amide bonds. The summed E-state index contributed by atoms with van der Waals surface area (Å²) in [5.41, 5.74) is 3.70. The summed E-state index contributed by atoms with van der Waals surface area (Å²) < 4.78 is 0. The zero-order chi connectivity index (χ0) is 15.2. The molecule has 4 nitrogen and oxygen atoms in total. The Morgan fingerprint density at radius 3 is 2.76 bits per heavy atom. The maximum Gasteiger partial charge on any atom is 0.244 e. The van der Waals surface area contributed by atoms with Gasteiger partial charge in [-0.1, -0.05) is 47.5 Å². The van der Waals surface area contributed by atoms with Crippen molar-refractivity contribution in [2.75, 3.05) is 0 Å². The van der Waals surface area contributed by atoms with Gasteiger partial charge in [-0.3, -0.25) is 4.79 Å². The van der Waals surface area contributed by atoms with E-state index >= 15 is 0 Å². The lowest BCUT2D eigenvalue weighted by atomic mass is 10.1. The fourth-order valence-corrected chi connectivity index (χ4v) is 2.04. The minimum absolute atomic E-state index is 0.120. The molecule has 0 atom stereocenters. The van der Waals surface area contributed by atoms with Gasteiger partial charge < -0.3 is 5.11 Å². The van der Waals surface area contributed by atoms with Crippen LogP contribution in [0.4, 0.5) is 0 Å². The molecule has 0 aliphatic rings. The number of hydrogen-bond acceptors (Lipinski definition) is 3. The van der Waals surface area contributed by atoms with Gasteiger partial charge in [0.15, 0.2) is 0 Å². The van der Waals surface area contributed by atoms with E-state index < -0.39 is 0 Å². The third-order valence-electron chi connectivity index (χ3n) is 2.65. The Balaban J connectivity index is 1.95. The number of phenols is 1. The molecule has 0 aromatic heterocycles. The molecule has 0 spiro atoms. The molecule has 6 heteroatoms. The number of hydrazone groups is 1. The van der Waals surface area contributed by atoms with Crippen molar-refractivity contribution in [2.24, 2.45) is 5.10 Å². The molecular formula is C15H12Cl2N2O2. The van der Waals surface area contributed by atoms with Crippen LogP contribution >= 0.6 is 23.2 Å². The Morgan fingerprint density at radius 1 is 1.24 bits per heavy atom. The average Bonchev–Trinajstić information content (AvgIpc) is 2.43. The van der Waals surface area contributed by atoms with Gasteiger partial charge >= 0.3 is 0 Å². The van der Waals surface area contributed by atoms with Crippen LogP contribution in [-0.2, 0) is 11.2 Å². The maximum atomic E-state index is 11.7. The molecular weight excluding hydrogens is 311 g/mol. The van der Waals surface area contributed by atoms with Gasteiger partial charge in [0, 0.05) is 5.56 Å². The van der Waals surface area contributed by atoms with Gasteiger partial charge in [-0.05, 0) is 23.8 Å². The highest BCUT2D eigenvalue weighted by molar-refractivity contribution is 6.43. The van der Waals surface area contributed by atoms with Crippen LogP contribution in [0.3, 0.4) is 0 Å².